The van der Waals surface area contributed by atoms with Crippen LogP contribution in [0.25, 0.3) is 11.1 Å². The number of methoxy groups -OCH3 is 1. The molecule has 0 amide bonds. The minimum Gasteiger partial charge on any atom is -0.496 e. The largest absolute Gasteiger partial charge is 0.496 e. The number of aldehydes is 1. The second-order valence-corrected chi connectivity index (χ2v) is 4.64. The van der Waals surface area contributed by atoms with Crippen LogP contribution >= 0.6 is 22.6 Å². The third-order valence-corrected chi connectivity index (χ3v) is 3.63. The Kier molecular flexibility index (Phi) is 3.78. The molecule has 0 fully saturated rings. The predicted molar refractivity (Wildman–Crippen MR) is 76.5 cm³/mol. The van der Waals surface area contributed by atoms with Gasteiger partial charge in [0.2, 0.25) is 0 Å². The lowest BCUT2D eigenvalue weighted by Gasteiger charge is -2.09. The summed E-state index contributed by atoms with van der Waals surface area (Å²) in [7, 11) is 1.66. The van der Waals surface area contributed by atoms with Gasteiger partial charge in [-0.2, -0.15) is 0 Å². The van der Waals surface area contributed by atoms with Gasteiger partial charge in [-0.25, -0.2) is 0 Å². The highest BCUT2D eigenvalue weighted by Gasteiger charge is 2.07. The average Bonchev–Trinajstić information content (AvgIpc) is 2.39. The fourth-order valence-electron chi connectivity index (χ4n) is 1.67. The average molecular weight is 338 g/mol. The van der Waals surface area contributed by atoms with Crippen molar-refractivity contribution in [2.75, 3.05) is 7.11 Å². The van der Waals surface area contributed by atoms with E-state index in [1.807, 2.05) is 36.4 Å². The molecule has 0 atom stereocenters. The SMILES string of the molecule is COc1cccc(-c2cccc(C=O)c2)c1I. The molecule has 2 aromatic rings. The number of rotatable bonds is 3. The smallest absolute Gasteiger partial charge is 0.150 e. The van der Waals surface area contributed by atoms with Crippen molar-refractivity contribution in [2.24, 2.45) is 0 Å². The summed E-state index contributed by atoms with van der Waals surface area (Å²) in [6.45, 7) is 0. The van der Waals surface area contributed by atoms with Crippen molar-refractivity contribution in [2.45, 2.75) is 0 Å². The molecule has 0 bridgehead atoms. The normalized spacial score (nSPS) is 10.0. The van der Waals surface area contributed by atoms with E-state index in [4.69, 9.17) is 4.74 Å². The molecule has 0 spiro atoms. The lowest BCUT2D eigenvalue weighted by atomic mass is 10.0. The zero-order valence-electron chi connectivity index (χ0n) is 9.31. The molecular weight excluding hydrogens is 327 g/mol. The Bertz CT molecular complexity index is 550. The zero-order valence-corrected chi connectivity index (χ0v) is 11.5. The van der Waals surface area contributed by atoms with Crippen LogP contribution in [0.5, 0.6) is 5.75 Å². The van der Waals surface area contributed by atoms with Crippen LogP contribution in [0.15, 0.2) is 42.5 Å². The van der Waals surface area contributed by atoms with E-state index < -0.39 is 0 Å². The number of benzene rings is 2. The molecule has 17 heavy (non-hydrogen) atoms. The van der Waals surface area contributed by atoms with E-state index in [1.165, 1.54) is 0 Å². The lowest BCUT2D eigenvalue weighted by molar-refractivity contribution is 0.112. The fourth-order valence-corrected chi connectivity index (χ4v) is 2.56. The van der Waals surface area contributed by atoms with Gasteiger partial charge in [-0.1, -0.05) is 30.3 Å². The second-order valence-electron chi connectivity index (χ2n) is 3.57. The molecular formula is C14H11IO2. The van der Waals surface area contributed by atoms with Gasteiger partial charge in [0.1, 0.15) is 12.0 Å². The summed E-state index contributed by atoms with van der Waals surface area (Å²) < 4.78 is 6.34. The van der Waals surface area contributed by atoms with Gasteiger partial charge in [-0.05, 0) is 45.9 Å². The first-order valence-electron chi connectivity index (χ1n) is 5.14. The Morgan fingerprint density at radius 3 is 2.65 bits per heavy atom. The highest BCUT2D eigenvalue weighted by molar-refractivity contribution is 14.1. The first-order valence-corrected chi connectivity index (χ1v) is 6.22. The number of hydrogen-bond donors (Lipinski definition) is 0. The van der Waals surface area contributed by atoms with Crippen LogP contribution in [0.4, 0.5) is 0 Å². The van der Waals surface area contributed by atoms with E-state index in [0.29, 0.717) is 5.56 Å². The first-order chi connectivity index (χ1) is 8.26. The molecule has 2 rings (SSSR count). The van der Waals surface area contributed by atoms with Gasteiger partial charge in [0.25, 0.3) is 0 Å². The van der Waals surface area contributed by atoms with Crippen molar-refractivity contribution in [3.63, 3.8) is 0 Å². The van der Waals surface area contributed by atoms with Gasteiger partial charge in [-0.15, -0.1) is 0 Å². The number of ether oxygens (including phenoxy) is 1. The molecule has 0 aliphatic heterocycles. The molecule has 0 aromatic heterocycles. The molecule has 0 aliphatic rings. The molecule has 0 heterocycles. The zero-order chi connectivity index (χ0) is 12.3. The van der Waals surface area contributed by atoms with Crippen LogP contribution in [0.2, 0.25) is 0 Å². The van der Waals surface area contributed by atoms with Crippen LogP contribution in [0, 0.1) is 3.57 Å². The van der Waals surface area contributed by atoms with Crippen LogP contribution in [-0.2, 0) is 0 Å². The maximum Gasteiger partial charge on any atom is 0.150 e. The Balaban J connectivity index is 2.56. The summed E-state index contributed by atoms with van der Waals surface area (Å²) in [6, 6.07) is 13.4. The van der Waals surface area contributed by atoms with Gasteiger partial charge in [0.15, 0.2) is 0 Å². The van der Waals surface area contributed by atoms with Gasteiger partial charge >= 0.3 is 0 Å². The van der Waals surface area contributed by atoms with E-state index in [2.05, 4.69) is 22.6 Å². The van der Waals surface area contributed by atoms with Gasteiger partial charge in [0, 0.05) is 5.56 Å². The highest BCUT2D eigenvalue weighted by atomic mass is 127. The number of carbonyl (C=O) groups is 1. The van der Waals surface area contributed by atoms with Gasteiger partial charge in [-0.3, -0.25) is 4.79 Å². The van der Waals surface area contributed by atoms with Crippen molar-refractivity contribution in [1.29, 1.82) is 0 Å². The monoisotopic (exact) mass is 338 g/mol. The Morgan fingerprint density at radius 2 is 1.94 bits per heavy atom. The van der Waals surface area contributed by atoms with Crippen LogP contribution in [-0.4, -0.2) is 13.4 Å². The molecule has 0 unspecified atom stereocenters. The second kappa shape index (κ2) is 5.31. The Labute approximate surface area is 114 Å². The van der Waals surface area contributed by atoms with Crippen LogP contribution in [0.1, 0.15) is 10.4 Å². The van der Waals surface area contributed by atoms with Crippen molar-refractivity contribution in [3.8, 4) is 16.9 Å². The quantitative estimate of drug-likeness (QED) is 0.629. The van der Waals surface area contributed by atoms with E-state index in [0.717, 1.165) is 26.7 Å². The van der Waals surface area contributed by atoms with Gasteiger partial charge < -0.3 is 4.74 Å². The molecule has 0 aliphatic carbocycles. The van der Waals surface area contributed by atoms with Gasteiger partial charge in [0.05, 0.1) is 10.7 Å². The molecule has 3 heteroatoms. The summed E-state index contributed by atoms with van der Waals surface area (Å²) in [5.41, 5.74) is 2.78. The van der Waals surface area contributed by atoms with E-state index >= 15 is 0 Å². The van der Waals surface area contributed by atoms with Crippen molar-refractivity contribution in [1.82, 2.24) is 0 Å². The molecule has 0 saturated heterocycles. The number of halogens is 1. The highest BCUT2D eigenvalue weighted by Crippen LogP contribution is 2.31. The van der Waals surface area contributed by atoms with E-state index in [1.54, 1.807) is 13.2 Å². The minimum absolute atomic E-state index is 0.682. The lowest BCUT2D eigenvalue weighted by Crippen LogP contribution is -1.90. The minimum atomic E-state index is 0.682. The number of hydrogen-bond acceptors (Lipinski definition) is 2. The molecule has 2 aromatic carbocycles. The third kappa shape index (κ3) is 2.49. The molecule has 2 nitrogen and oxygen atoms in total. The first kappa shape index (κ1) is 12.1. The Hall–Kier alpha value is -1.36. The van der Waals surface area contributed by atoms with Crippen molar-refractivity contribution < 1.29 is 9.53 Å². The summed E-state index contributed by atoms with van der Waals surface area (Å²) in [6.07, 6.45) is 0.858. The molecule has 0 N–H and O–H groups in total. The summed E-state index contributed by atoms with van der Waals surface area (Å²) in [5.74, 6) is 0.847. The predicted octanol–water partition coefficient (Wildman–Crippen LogP) is 3.78. The maximum absolute atomic E-state index is 10.8. The molecule has 0 saturated carbocycles. The van der Waals surface area contributed by atoms with E-state index in [-0.39, 0.29) is 0 Å². The molecule has 86 valence electrons. The number of carbonyl (C=O) groups excluding carboxylic acids is 1. The maximum atomic E-state index is 10.8. The van der Waals surface area contributed by atoms with Crippen LogP contribution in [0.3, 0.4) is 0 Å². The summed E-state index contributed by atoms with van der Waals surface area (Å²) in [5, 5.41) is 0. The Morgan fingerprint density at radius 1 is 1.18 bits per heavy atom. The van der Waals surface area contributed by atoms with Crippen molar-refractivity contribution >= 4 is 28.9 Å². The fraction of sp³-hybridized carbons (Fsp3) is 0.0714. The summed E-state index contributed by atoms with van der Waals surface area (Å²) >= 11 is 2.25. The van der Waals surface area contributed by atoms with E-state index in [9.17, 15) is 4.79 Å². The third-order valence-electron chi connectivity index (χ3n) is 2.52. The standard InChI is InChI=1S/C14H11IO2/c1-17-13-7-3-6-12(14(13)15)11-5-2-4-10(8-11)9-16/h2-9H,1H3. The van der Waals surface area contributed by atoms with Crippen molar-refractivity contribution in [3.05, 3.63) is 51.6 Å². The topological polar surface area (TPSA) is 26.3 Å². The van der Waals surface area contributed by atoms with Crippen LogP contribution < -0.4 is 4.74 Å². The molecule has 0 radical (unpaired) electrons. The summed E-state index contributed by atoms with van der Waals surface area (Å²) in [4.78, 5) is 10.8.